The van der Waals surface area contributed by atoms with Crippen molar-refractivity contribution in [3.8, 4) is 5.75 Å². The minimum absolute atomic E-state index is 0.0342. The number of hydrogen-bond donors (Lipinski definition) is 2. The van der Waals surface area contributed by atoms with Crippen molar-refractivity contribution in [3.05, 3.63) is 65.6 Å². The molecule has 1 unspecified atom stereocenters. The molecule has 0 aliphatic heterocycles. The molecule has 0 saturated heterocycles. The van der Waals surface area contributed by atoms with E-state index >= 15 is 0 Å². The number of nitrogens with zero attached hydrogens (tertiary/aromatic N) is 2. The van der Waals surface area contributed by atoms with Gasteiger partial charge in [-0.15, -0.1) is 0 Å². The van der Waals surface area contributed by atoms with Crippen LogP contribution in [0.15, 0.2) is 48.8 Å². The summed E-state index contributed by atoms with van der Waals surface area (Å²) in [4.78, 5) is 17.3. The van der Waals surface area contributed by atoms with E-state index in [1.54, 1.807) is 6.07 Å². The SMILES string of the molecule is Cc1cccn2cc(COc3ccccc3C(=O)NC(CN)C3CC3)nc12. The van der Waals surface area contributed by atoms with Gasteiger partial charge in [-0.05, 0) is 49.4 Å². The van der Waals surface area contributed by atoms with Crippen molar-refractivity contribution >= 4 is 11.6 Å². The van der Waals surface area contributed by atoms with Gasteiger partial charge < -0.3 is 20.2 Å². The monoisotopic (exact) mass is 364 g/mol. The van der Waals surface area contributed by atoms with E-state index in [0.29, 0.717) is 30.4 Å². The predicted molar refractivity (Wildman–Crippen MR) is 104 cm³/mol. The number of aromatic nitrogens is 2. The third kappa shape index (κ3) is 3.80. The van der Waals surface area contributed by atoms with Crippen molar-refractivity contribution in [2.75, 3.05) is 6.54 Å². The largest absolute Gasteiger partial charge is 0.486 e. The summed E-state index contributed by atoms with van der Waals surface area (Å²) in [7, 11) is 0. The van der Waals surface area contributed by atoms with Crippen molar-refractivity contribution in [2.45, 2.75) is 32.4 Å². The first-order valence-electron chi connectivity index (χ1n) is 9.31. The summed E-state index contributed by atoms with van der Waals surface area (Å²) in [5.74, 6) is 0.919. The lowest BCUT2D eigenvalue weighted by molar-refractivity contribution is 0.0929. The second-order valence-corrected chi connectivity index (χ2v) is 7.09. The Morgan fingerprint density at radius 2 is 2.15 bits per heavy atom. The van der Waals surface area contributed by atoms with E-state index in [4.69, 9.17) is 10.5 Å². The third-order valence-corrected chi connectivity index (χ3v) is 5.00. The molecule has 140 valence electrons. The first-order valence-corrected chi connectivity index (χ1v) is 9.31. The van der Waals surface area contributed by atoms with Gasteiger partial charge in [0.25, 0.3) is 5.91 Å². The average Bonchev–Trinajstić information content (AvgIpc) is 3.43. The van der Waals surface area contributed by atoms with E-state index in [9.17, 15) is 4.79 Å². The highest BCUT2D eigenvalue weighted by Gasteiger charge is 2.31. The Morgan fingerprint density at radius 1 is 1.33 bits per heavy atom. The molecule has 6 heteroatoms. The first kappa shape index (κ1) is 17.5. The number of benzene rings is 1. The van der Waals surface area contributed by atoms with Gasteiger partial charge in [-0.3, -0.25) is 4.79 Å². The molecule has 2 aromatic heterocycles. The van der Waals surface area contributed by atoms with Crippen molar-refractivity contribution < 1.29 is 9.53 Å². The molecule has 1 aliphatic rings. The lowest BCUT2D eigenvalue weighted by Crippen LogP contribution is -2.41. The second kappa shape index (κ2) is 7.40. The molecule has 27 heavy (non-hydrogen) atoms. The van der Waals surface area contributed by atoms with Gasteiger partial charge in [-0.1, -0.05) is 18.2 Å². The van der Waals surface area contributed by atoms with Gasteiger partial charge in [0.1, 0.15) is 18.0 Å². The maximum Gasteiger partial charge on any atom is 0.255 e. The van der Waals surface area contributed by atoms with Gasteiger partial charge in [-0.2, -0.15) is 0 Å². The highest BCUT2D eigenvalue weighted by molar-refractivity contribution is 5.97. The van der Waals surface area contributed by atoms with Crippen LogP contribution in [0.3, 0.4) is 0 Å². The minimum atomic E-state index is -0.140. The number of rotatable bonds is 7. The van der Waals surface area contributed by atoms with Crippen molar-refractivity contribution in [3.63, 3.8) is 0 Å². The fraction of sp³-hybridized carbons (Fsp3) is 0.333. The third-order valence-electron chi connectivity index (χ3n) is 5.00. The number of amides is 1. The molecule has 4 rings (SSSR count). The fourth-order valence-electron chi connectivity index (χ4n) is 3.32. The van der Waals surface area contributed by atoms with Crippen LogP contribution in [-0.2, 0) is 6.61 Å². The summed E-state index contributed by atoms with van der Waals surface area (Å²) in [5, 5.41) is 3.05. The molecule has 1 atom stereocenters. The van der Waals surface area contributed by atoms with E-state index in [2.05, 4.69) is 10.3 Å². The Labute approximate surface area is 158 Å². The zero-order valence-electron chi connectivity index (χ0n) is 15.4. The highest BCUT2D eigenvalue weighted by atomic mass is 16.5. The molecule has 3 aromatic rings. The number of ether oxygens (including phenoxy) is 1. The molecule has 3 N–H and O–H groups in total. The van der Waals surface area contributed by atoms with E-state index in [-0.39, 0.29) is 11.9 Å². The number of para-hydroxylation sites is 1. The molecule has 2 heterocycles. The van der Waals surface area contributed by atoms with Crippen molar-refractivity contribution in [2.24, 2.45) is 11.7 Å². The number of aryl methyl sites for hydroxylation is 1. The van der Waals surface area contributed by atoms with Gasteiger partial charge in [0.05, 0.1) is 11.3 Å². The Morgan fingerprint density at radius 3 is 2.89 bits per heavy atom. The molecule has 6 nitrogen and oxygen atoms in total. The minimum Gasteiger partial charge on any atom is -0.486 e. The van der Waals surface area contributed by atoms with Crippen LogP contribution in [0, 0.1) is 12.8 Å². The molecular weight excluding hydrogens is 340 g/mol. The summed E-state index contributed by atoms with van der Waals surface area (Å²) in [6, 6.07) is 11.3. The lowest BCUT2D eigenvalue weighted by atomic mass is 10.1. The van der Waals surface area contributed by atoms with Crippen molar-refractivity contribution in [1.29, 1.82) is 0 Å². The molecular formula is C21H24N4O2. The van der Waals surface area contributed by atoms with Crippen LogP contribution < -0.4 is 15.8 Å². The molecule has 0 radical (unpaired) electrons. The molecule has 0 bridgehead atoms. The van der Waals surface area contributed by atoms with Crippen LogP contribution >= 0.6 is 0 Å². The summed E-state index contributed by atoms with van der Waals surface area (Å²) in [6.07, 6.45) is 6.18. The molecule has 1 saturated carbocycles. The van der Waals surface area contributed by atoms with Crippen LogP contribution in [0.25, 0.3) is 5.65 Å². The Hall–Kier alpha value is -2.86. The number of pyridine rings is 1. The van der Waals surface area contributed by atoms with Gasteiger partial charge in [0.2, 0.25) is 0 Å². The molecule has 1 aliphatic carbocycles. The van der Waals surface area contributed by atoms with Gasteiger partial charge in [0.15, 0.2) is 0 Å². The molecule has 1 amide bonds. The Kier molecular flexibility index (Phi) is 4.81. The molecule has 0 spiro atoms. The smallest absolute Gasteiger partial charge is 0.255 e. The standard InChI is InChI=1S/C21H24N4O2/c1-14-5-4-10-25-12-16(23-20(14)25)13-27-19-7-3-2-6-17(19)21(26)24-18(11-22)15-8-9-15/h2-7,10,12,15,18H,8-9,11,13,22H2,1H3,(H,24,26). The topological polar surface area (TPSA) is 81.7 Å². The maximum atomic E-state index is 12.7. The van der Waals surface area contributed by atoms with E-state index in [1.165, 1.54) is 0 Å². The quantitative estimate of drug-likeness (QED) is 0.675. The Bertz CT molecular complexity index is 962. The van der Waals surface area contributed by atoms with E-state index in [1.807, 2.05) is 54.0 Å². The highest BCUT2D eigenvalue weighted by Crippen LogP contribution is 2.32. The molecule has 1 aromatic carbocycles. The van der Waals surface area contributed by atoms with Crippen LogP contribution in [0.1, 0.15) is 34.5 Å². The first-order chi connectivity index (χ1) is 13.2. The van der Waals surface area contributed by atoms with Crippen LogP contribution in [0.2, 0.25) is 0 Å². The summed E-state index contributed by atoms with van der Waals surface area (Å²) in [6.45, 7) is 2.79. The van der Waals surface area contributed by atoms with Gasteiger partial charge in [-0.25, -0.2) is 4.98 Å². The Balaban J connectivity index is 1.48. The average molecular weight is 364 g/mol. The van der Waals surface area contributed by atoms with Crippen LogP contribution in [-0.4, -0.2) is 27.9 Å². The number of nitrogens with one attached hydrogen (secondary N) is 1. The normalized spacial score (nSPS) is 14.9. The van der Waals surface area contributed by atoms with E-state index < -0.39 is 0 Å². The number of carbonyl (C=O) groups is 1. The predicted octanol–water partition coefficient (Wildman–Crippen LogP) is 2.69. The van der Waals surface area contributed by atoms with Gasteiger partial charge in [0, 0.05) is 25.0 Å². The zero-order chi connectivity index (χ0) is 18.8. The fourth-order valence-corrected chi connectivity index (χ4v) is 3.32. The van der Waals surface area contributed by atoms with E-state index in [0.717, 1.165) is 29.7 Å². The lowest BCUT2D eigenvalue weighted by Gasteiger charge is -2.17. The summed E-state index contributed by atoms with van der Waals surface area (Å²) >= 11 is 0. The van der Waals surface area contributed by atoms with Crippen LogP contribution in [0.4, 0.5) is 0 Å². The molecule has 1 fully saturated rings. The van der Waals surface area contributed by atoms with Crippen molar-refractivity contribution in [1.82, 2.24) is 14.7 Å². The number of imidazole rings is 1. The maximum absolute atomic E-state index is 12.7. The second-order valence-electron chi connectivity index (χ2n) is 7.09. The number of nitrogens with two attached hydrogens (primary N) is 1. The van der Waals surface area contributed by atoms with Crippen LogP contribution in [0.5, 0.6) is 5.75 Å². The number of fused-ring (bicyclic) bond motifs is 1. The van der Waals surface area contributed by atoms with Gasteiger partial charge >= 0.3 is 0 Å². The number of carbonyl (C=O) groups excluding carboxylic acids is 1. The summed E-state index contributed by atoms with van der Waals surface area (Å²) in [5.41, 5.74) is 9.17. The number of hydrogen-bond acceptors (Lipinski definition) is 4. The summed E-state index contributed by atoms with van der Waals surface area (Å²) < 4.78 is 7.92. The zero-order valence-corrected chi connectivity index (χ0v) is 15.4.